The van der Waals surface area contributed by atoms with Gasteiger partial charge in [0.25, 0.3) is 0 Å². The lowest BCUT2D eigenvalue weighted by Gasteiger charge is -2.20. The van der Waals surface area contributed by atoms with Crippen molar-refractivity contribution in [2.75, 3.05) is 13.2 Å². The minimum absolute atomic E-state index is 0.145. The number of hydrogen-bond donors (Lipinski definition) is 0. The van der Waals surface area contributed by atoms with E-state index in [1.54, 1.807) is 26.8 Å². The van der Waals surface area contributed by atoms with Crippen molar-refractivity contribution in [3.8, 4) is 5.75 Å². The molecule has 0 atom stereocenters. The molecule has 21 heavy (non-hydrogen) atoms. The Morgan fingerprint density at radius 2 is 1.90 bits per heavy atom. The number of ether oxygens (including phenoxy) is 2. The summed E-state index contributed by atoms with van der Waals surface area (Å²) in [6.07, 6.45) is 0. The highest BCUT2D eigenvalue weighted by Crippen LogP contribution is 2.22. The number of Topliss-reactive ketones (excluding diaryl/α,β-unsaturated/α-hetero) is 1. The van der Waals surface area contributed by atoms with E-state index < -0.39 is 11.4 Å². The lowest BCUT2D eigenvalue weighted by Crippen LogP contribution is -2.38. The van der Waals surface area contributed by atoms with E-state index in [1.807, 2.05) is 18.2 Å². The molecule has 0 saturated carbocycles. The summed E-state index contributed by atoms with van der Waals surface area (Å²) in [5.41, 5.74) is -0.0457. The molecular formula is C17H24O4. The summed E-state index contributed by atoms with van der Waals surface area (Å²) >= 11 is 0. The molecule has 4 nitrogen and oxygen atoms in total. The number of carbonyl (C=O) groups is 2. The molecule has 0 amide bonds. The smallest absolute Gasteiger partial charge is 0.319 e. The first-order valence-electron chi connectivity index (χ1n) is 7.22. The van der Waals surface area contributed by atoms with Crippen molar-refractivity contribution in [3.63, 3.8) is 0 Å². The van der Waals surface area contributed by atoms with Gasteiger partial charge in [-0.25, -0.2) is 0 Å². The Bertz CT molecular complexity index is 503. The topological polar surface area (TPSA) is 52.6 Å². The second-order valence-electron chi connectivity index (χ2n) is 5.78. The second kappa shape index (κ2) is 7.25. The molecule has 0 aliphatic rings. The van der Waals surface area contributed by atoms with Crippen LogP contribution in [0.15, 0.2) is 24.3 Å². The van der Waals surface area contributed by atoms with Gasteiger partial charge in [-0.3, -0.25) is 9.59 Å². The van der Waals surface area contributed by atoms with E-state index in [0.29, 0.717) is 11.7 Å². The zero-order valence-corrected chi connectivity index (χ0v) is 13.4. The zero-order valence-electron chi connectivity index (χ0n) is 13.4. The third-order valence-corrected chi connectivity index (χ3v) is 3.38. The Morgan fingerprint density at radius 1 is 1.24 bits per heavy atom. The van der Waals surface area contributed by atoms with Gasteiger partial charge < -0.3 is 9.47 Å². The molecule has 1 rings (SSSR count). The molecule has 0 bridgehead atoms. The zero-order chi connectivity index (χ0) is 16.0. The van der Waals surface area contributed by atoms with Crippen LogP contribution in [0.1, 0.15) is 46.1 Å². The normalized spacial score (nSPS) is 11.3. The predicted molar refractivity (Wildman–Crippen MR) is 81.4 cm³/mol. The highest BCUT2D eigenvalue weighted by atomic mass is 16.5. The number of hydrogen-bond acceptors (Lipinski definition) is 4. The molecule has 0 aromatic heterocycles. The molecule has 0 aliphatic heterocycles. The Morgan fingerprint density at radius 3 is 2.48 bits per heavy atom. The van der Waals surface area contributed by atoms with Crippen LogP contribution in [0.2, 0.25) is 0 Å². The van der Waals surface area contributed by atoms with Gasteiger partial charge in [-0.15, -0.1) is 0 Å². The average Bonchev–Trinajstić information content (AvgIpc) is 2.45. The van der Waals surface area contributed by atoms with Crippen LogP contribution < -0.4 is 4.74 Å². The maximum atomic E-state index is 12.1. The van der Waals surface area contributed by atoms with Crippen LogP contribution in [0.3, 0.4) is 0 Å². The molecule has 0 spiro atoms. The van der Waals surface area contributed by atoms with E-state index in [2.05, 4.69) is 13.8 Å². The molecule has 0 radical (unpaired) electrons. The van der Waals surface area contributed by atoms with Crippen molar-refractivity contribution in [2.24, 2.45) is 5.41 Å². The summed E-state index contributed by atoms with van der Waals surface area (Å²) in [6, 6.07) is 7.62. The van der Waals surface area contributed by atoms with Gasteiger partial charge in [0, 0.05) is 0 Å². The van der Waals surface area contributed by atoms with Gasteiger partial charge in [0.15, 0.2) is 5.78 Å². The van der Waals surface area contributed by atoms with E-state index >= 15 is 0 Å². The SMILES string of the molecule is CCOC(=O)C(C)(C)C(=O)COc1cccc(C(C)C)c1. The lowest BCUT2D eigenvalue weighted by molar-refractivity contribution is -0.158. The van der Waals surface area contributed by atoms with Gasteiger partial charge in [-0.1, -0.05) is 26.0 Å². The lowest BCUT2D eigenvalue weighted by atomic mass is 9.88. The molecule has 0 N–H and O–H groups in total. The molecule has 1 aromatic rings. The van der Waals surface area contributed by atoms with Crippen LogP contribution in [0, 0.1) is 5.41 Å². The third kappa shape index (κ3) is 4.59. The van der Waals surface area contributed by atoms with Crippen LogP contribution in [-0.4, -0.2) is 25.0 Å². The van der Waals surface area contributed by atoms with E-state index in [-0.39, 0.29) is 19.0 Å². The summed E-state index contributed by atoms with van der Waals surface area (Å²) in [7, 11) is 0. The van der Waals surface area contributed by atoms with Gasteiger partial charge >= 0.3 is 5.97 Å². The summed E-state index contributed by atoms with van der Waals surface area (Å²) in [4.78, 5) is 23.9. The molecule has 0 fully saturated rings. The Labute approximate surface area is 126 Å². The van der Waals surface area contributed by atoms with E-state index in [4.69, 9.17) is 9.47 Å². The van der Waals surface area contributed by atoms with Gasteiger partial charge in [-0.2, -0.15) is 0 Å². The number of rotatable bonds is 7. The van der Waals surface area contributed by atoms with E-state index in [9.17, 15) is 9.59 Å². The molecule has 1 aromatic carbocycles. The molecule has 0 saturated heterocycles. The Hall–Kier alpha value is -1.84. The fraction of sp³-hybridized carbons (Fsp3) is 0.529. The number of esters is 1. The number of benzene rings is 1. The Kier molecular flexibility index (Phi) is 5.94. The number of ketones is 1. The highest BCUT2D eigenvalue weighted by molar-refractivity contribution is 6.03. The van der Waals surface area contributed by atoms with Crippen molar-refractivity contribution in [3.05, 3.63) is 29.8 Å². The summed E-state index contributed by atoms with van der Waals surface area (Å²) < 4.78 is 10.4. The quantitative estimate of drug-likeness (QED) is 0.571. The highest BCUT2D eigenvalue weighted by Gasteiger charge is 2.37. The maximum absolute atomic E-state index is 12.1. The molecule has 0 unspecified atom stereocenters. The third-order valence-electron chi connectivity index (χ3n) is 3.38. The summed E-state index contributed by atoms with van der Waals surface area (Å²) in [5.74, 6) is 0.208. The van der Waals surface area contributed by atoms with Crippen molar-refractivity contribution in [1.29, 1.82) is 0 Å². The van der Waals surface area contributed by atoms with Crippen LogP contribution in [0.5, 0.6) is 5.75 Å². The monoisotopic (exact) mass is 292 g/mol. The van der Waals surface area contributed by atoms with Crippen molar-refractivity contribution >= 4 is 11.8 Å². The fourth-order valence-corrected chi connectivity index (χ4v) is 1.72. The molecule has 0 aliphatic carbocycles. The molecular weight excluding hydrogens is 268 g/mol. The van der Waals surface area contributed by atoms with Crippen LogP contribution in [0.25, 0.3) is 0 Å². The predicted octanol–water partition coefficient (Wildman–Crippen LogP) is 3.35. The molecule has 116 valence electrons. The maximum Gasteiger partial charge on any atom is 0.319 e. The van der Waals surface area contributed by atoms with Gasteiger partial charge in [0.1, 0.15) is 17.8 Å². The second-order valence-corrected chi connectivity index (χ2v) is 5.78. The standard InChI is InChI=1S/C17H24O4/c1-6-20-16(19)17(4,5)15(18)11-21-14-9-7-8-13(10-14)12(2)3/h7-10,12H,6,11H2,1-5H3. The summed E-state index contributed by atoms with van der Waals surface area (Å²) in [5, 5.41) is 0. The first-order chi connectivity index (χ1) is 9.78. The van der Waals surface area contributed by atoms with Gasteiger partial charge in [0.2, 0.25) is 0 Å². The van der Waals surface area contributed by atoms with Crippen molar-refractivity contribution in [1.82, 2.24) is 0 Å². The van der Waals surface area contributed by atoms with Crippen molar-refractivity contribution in [2.45, 2.75) is 40.5 Å². The van der Waals surface area contributed by atoms with Crippen LogP contribution >= 0.6 is 0 Å². The molecule has 4 heteroatoms. The minimum Gasteiger partial charge on any atom is -0.486 e. The van der Waals surface area contributed by atoms with Crippen LogP contribution in [-0.2, 0) is 14.3 Å². The Balaban J connectivity index is 2.68. The average molecular weight is 292 g/mol. The van der Waals surface area contributed by atoms with Crippen LogP contribution in [0.4, 0.5) is 0 Å². The minimum atomic E-state index is -1.19. The van der Waals surface area contributed by atoms with Crippen molar-refractivity contribution < 1.29 is 19.1 Å². The first-order valence-corrected chi connectivity index (χ1v) is 7.22. The number of carbonyl (C=O) groups excluding carboxylic acids is 2. The van der Waals surface area contributed by atoms with Gasteiger partial charge in [0.05, 0.1) is 6.61 Å². The van der Waals surface area contributed by atoms with E-state index in [0.717, 1.165) is 5.56 Å². The largest absolute Gasteiger partial charge is 0.486 e. The van der Waals surface area contributed by atoms with Gasteiger partial charge in [-0.05, 0) is 44.4 Å². The summed E-state index contributed by atoms with van der Waals surface area (Å²) in [6.45, 7) is 9.12. The first kappa shape index (κ1) is 17.2. The van der Waals surface area contributed by atoms with E-state index in [1.165, 1.54) is 0 Å². The molecule has 0 heterocycles. The fourth-order valence-electron chi connectivity index (χ4n) is 1.72.